The molecule has 1 fully saturated rings. The van der Waals surface area contributed by atoms with Crippen molar-refractivity contribution in [2.75, 3.05) is 6.54 Å². The lowest BCUT2D eigenvalue weighted by Crippen LogP contribution is -2.48. The second kappa shape index (κ2) is 5.81. The van der Waals surface area contributed by atoms with Gasteiger partial charge in [-0.15, -0.1) is 0 Å². The van der Waals surface area contributed by atoms with E-state index < -0.39 is 0 Å². The highest BCUT2D eigenvalue weighted by Crippen LogP contribution is 2.24. The number of fused-ring (bicyclic) bond motifs is 1. The molecule has 7 nitrogen and oxygen atoms in total. The molecule has 0 bridgehead atoms. The number of carbonyl (C=O) groups is 1. The SMILES string of the molecule is Cc1cc(CN2Cc3cncn3C(C(=O)NC3CCC3)C2)no1. The summed E-state index contributed by atoms with van der Waals surface area (Å²) in [6.45, 7) is 3.99. The summed E-state index contributed by atoms with van der Waals surface area (Å²) in [5.74, 6) is 0.899. The second-order valence-electron chi connectivity index (χ2n) is 6.54. The molecule has 0 spiro atoms. The number of rotatable bonds is 4. The number of nitrogens with one attached hydrogen (secondary N) is 1. The molecule has 2 aliphatic rings. The van der Waals surface area contributed by atoms with E-state index >= 15 is 0 Å². The third-order valence-electron chi connectivity index (χ3n) is 4.72. The minimum atomic E-state index is -0.227. The molecule has 122 valence electrons. The Bertz CT molecular complexity index is 703. The fourth-order valence-corrected chi connectivity index (χ4v) is 3.26. The van der Waals surface area contributed by atoms with Crippen LogP contribution in [-0.2, 0) is 17.9 Å². The van der Waals surface area contributed by atoms with E-state index in [0.717, 1.165) is 36.5 Å². The zero-order valence-corrected chi connectivity index (χ0v) is 13.2. The Balaban J connectivity index is 1.50. The van der Waals surface area contributed by atoms with E-state index in [2.05, 4.69) is 20.4 Å². The van der Waals surface area contributed by atoms with Crippen molar-refractivity contribution in [2.24, 2.45) is 0 Å². The predicted molar refractivity (Wildman–Crippen MR) is 82.4 cm³/mol. The molecule has 23 heavy (non-hydrogen) atoms. The van der Waals surface area contributed by atoms with Crippen LogP contribution in [0, 0.1) is 6.92 Å². The van der Waals surface area contributed by atoms with Gasteiger partial charge in [-0.3, -0.25) is 9.69 Å². The van der Waals surface area contributed by atoms with Crippen LogP contribution < -0.4 is 5.32 Å². The van der Waals surface area contributed by atoms with Crippen molar-refractivity contribution in [1.82, 2.24) is 24.9 Å². The van der Waals surface area contributed by atoms with E-state index in [0.29, 0.717) is 19.1 Å². The number of aromatic nitrogens is 3. The smallest absolute Gasteiger partial charge is 0.244 e. The summed E-state index contributed by atoms with van der Waals surface area (Å²) in [6, 6.07) is 2.06. The first-order chi connectivity index (χ1) is 11.2. The van der Waals surface area contributed by atoms with Gasteiger partial charge in [0.2, 0.25) is 5.91 Å². The van der Waals surface area contributed by atoms with Crippen LogP contribution in [0.1, 0.15) is 42.5 Å². The van der Waals surface area contributed by atoms with Crippen LogP contribution in [0.5, 0.6) is 0 Å². The molecule has 2 aromatic rings. The number of hydrogen-bond acceptors (Lipinski definition) is 5. The van der Waals surface area contributed by atoms with Crippen molar-refractivity contribution < 1.29 is 9.32 Å². The van der Waals surface area contributed by atoms with Gasteiger partial charge in [-0.05, 0) is 26.2 Å². The van der Waals surface area contributed by atoms with Crippen LogP contribution in [0.4, 0.5) is 0 Å². The molecule has 1 aliphatic heterocycles. The standard InChI is InChI=1S/C16H21N5O2/c1-11-5-13(19-23-11)7-20-8-14-6-17-10-21(14)15(9-20)16(22)18-12-3-2-4-12/h5-6,10,12,15H,2-4,7-9H2,1H3,(H,18,22). The van der Waals surface area contributed by atoms with Gasteiger partial charge in [0.15, 0.2) is 0 Å². The van der Waals surface area contributed by atoms with Gasteiger partial charge < -0.3 is 14.4 Å². The van der Waals surface area contributed by atoms with Crippen LogP contribution in [0.3, 0.4) is 0 Å². The Morgan fingerprint density at radius 3 is 3.04 bits per heavy atom. The number of hydrogen-bond donors (Lipinski definition) is 1. The molecule has 1 aliphatic carbocycles. The minimum Gasteiger partial charge on any atom is -0.361 e. The molecule has 3 heterocycles. The lowest BCUT2D eigenvalue weighted by Gasteiger charge is -2.35. The summed E-state index contributed by atoms with van der Waals surface area (Å²) in [5.41, 5.74) is 1.96. The molecule has 1 unspecified atom stereocenters. The number of imidazole rings is 1. The number of aryl methyl sites for hydroxylation is 1. The number of carbonyl (C=O) groups excluding carboxylic acids is 1. The van der Waals surface area contributed by atoms with Gasteiger partial charge in [0, 0.05) is 37.9 Å². The fraction of sp³-hybridized carbons (Fsp3) is 0.562. The molecule has 7 heteroatoms. The van der Waals surface area contributed by atoms with Crippen molar-refractivity contribution >= 4 is 5.91 Å². The van der Waals surface area contributed by atoms with E-state index in [1.165, 1.54) is 6.42 Å². The third kappa shape index (κ3) is 2.88. The number of amides is 1. The third-order valence-corrected chi connectivity index (χ3v) is 4.72. The average molecular weight is 315 g/mol. The molecule has 1 amide bonds. The van der Waals surface area contributed by atoms with Gasteiger partial charge in [-0.1, -0.05) is 5.16 Å². The highest BCUT2D eigenvalue weighted by molar-refractivity contribution is 5.81. The quantitative estimate of drug-likeness (QED) is 0.923. The predicted octanol–water partition coefficient (Wildman–Crippen LogP) is 1.41. The molecular weight excluding hydrogens is 294 g/mol. The van der Waals surface area contributed by atoms with E-state index in [4.69, 9.17) is 4.52 Å². The Kier molecular flexibility index (Phi) is 3.65. The first-order valence-corrected chi connectivity index (χ1v) is 8.14. The summed E-state index contributed by atoms with van der Waals surface area (Å²) < 4.78 is 7.13. The second-order valence-corrected chi connectivity index (χ2v) is 6.54. The van der Waals surface area contributed by atoms with Gasteiger partial charge in [-0.2, -0.15) is 0 Å². The van der Waals surface area contributed by atoms with Crippen LogP contribution in [0.25, 0.3) is 0 Å². The lowest BCUT2D eigenvalue weighted by atomic mass is 9.93. The largest absolute Gasteiger partial charge is 0.361 e. The summed E-state index contributed by atoms with van der Waals surface area (Å²) in [7, 11) is 0. The highest BCUT2D eigenvalue weighted by atomic mass is 16.5. The first kappa shape index (κ1) is 14.4. The molecular formula is C16H21N5O2. The molecule has 2 aromatic heterocycles. The van der Waals surface area contributed by atoms with Gasteiger partial charge in [0.1, 0.15) is 11.8 Å². The van der Waals surface area contributed by atoms with E-state index in [1.54, 1.807) is 6.33 Å². The topological polar surface area (TPSA) is 76.2 Å². The van der Waals surface area contributed by atoms with Crippen molar-refractivity contribution in [3.8, 4) is 0 Å². The van der Waals surface area contributed by atoms with Crippen molar-refractivity contribution in [2.45, 2.75) is 51.4 Å². The van der Waals surface area contributed by atoms with Gasteiger partial charge >= 0.3 is 0 Å². The summed E-state index contributed by atoms with van der Waals surface area (Å²) >= 11 is 0. The Labute approximate surface area is 134 Å². The normalized spacial score (nSPS) is 21.7. The van der Waals surface area contributed by atoms with Gasteiger partial charge in [0.25, 0.3) is 0 Å². The van der Waals surface area contributed by atoms with Crippen molar-refractivity contribution in [1.29, 1.82) is 0 Å². The molecule has 4 rings (SSSR count). The maximum Gasteiger partial charge on any atom is 0.244 e. The molecule has 1 atom stereocenters. The van der Waals surface area contributed by atoms with Crippen molar-refractivity contribution in [3.63, 3.8) is 0 Å². The Hall–Kier alpha value is -2.15. The van der Waals surface area contributed by atoms with Crippen LogP contribution in [0.15, 0.2) is 23.1 Å². The zero-order valence-electron chi connectivity index (χ0n) is 13.2. The van der Waals surface area contributed by atoms with Crippen LogP contribution >= 0.6 is 0 Å². The van der Waals surface area contributed by atoms with Gasteiger partial charge in [0.05, 0.1) is 17.7 Å². The zero-order chi connectivity index (χ0) is 15.8. The van der Waals surface area contributed by atoms with Crippen LogP contribution in [0.2, 0.25) is 0 Å². The Morgan fingerprint density at radius 1 is 1.48 bits per heavy atom. The number of nitrogens with zero attached hydrogens (tertiary/aromatic N) is 4. The lowest BCUT2D eigenvalue weighted by molar-refractivity contribution is -0.127. The first-order valence-electron chi connectivity index (χ1n) is 8.14. The molecule has 1 saturated carbocycles. The summed E-state index contributed by atoms with van der Waals surface area (Å²) in [5, 5.41) is 7.21. The van der Waals surface area contributed by atoms with E-state index in [9.17, 15) is 4.79 Å². The maximum absolute atomic E-state index is 12.6. The minimum absolute atomic E-state index is 0.0926. The monoisotopic (exact) mass is 315 g/mol. The highest BCUT2D eigenvalue weighted by Gasteiger charge is 2.32. The molecule has 1 N–H and O–H groups in total. The average Bonchev–Trinajstić information content (AvgIpc) is 3.10. The molecule has 0 radical (unpaired) electrons. The summed E-state index contributed by atoms with van der Waals surface area (Å²) in [4.78, 5) is 19.1. The van der Waals surface area contributed by atoms with E-state index in [1.807, 2.05) is 23.8 Å². The fourth-order valence-electron chi connectivity index (χ4n) is 3.26. The maximum atomic E-state index is 12.6. The van der Waals surface area contributed by atoms with Gasteiger partial charge in [-0.25, -0.2) is 4.98 Å². The van der Waals surface area contributed by atoms with Crippen molar-refractivity contribution in [3.05, 3.63) is 35.7 Å². The Morgan fingerprint density at radius 2 is 2.35 bits per heavy atom. The summed E-state index contributed by atoms with van der Waals surface area (Å²) in [6.07, 6.45) is 7.00. The van der Waals surface area contributed by atoms with E-state index in [-0.39, 0.29) is 11.9 Å². The van der Waals surface area contributed by atoms with Crippen LogP contribution in [-0.4, -0.2) is 38.1 Å². The molecule has 0 saturated heterocycles. The molecule has 0 aromatic carbocycles.